The molecule has 0 spiro atoms. The standard InChI is InChI=1S/C45H90N2O2/c1-5-8-10-12-14-16-18-20-22-24-25-26-28-30-32-34-36-38-40-43(48)47-44(42(4)7-3)45(49)46-41-39-37-35-33-31-29-27-23-21-19-17-15-13-11-9-6-2/h42,44H,5-41H2,1-4H3,(H,46,49)(H,47,48)/t42-,44-/m0/s1. The number of unbranched alkanes of at least 4 members (excludes halogenated alkanes) is 32. The van der Waals surface area contributed by atoms with Gasteiger partial charge in [0.25, 0.3) is 0 Å². The zero-order valence-corrected chi connectivity index (χ0v) is 34.1. The van der Waals surface area contributed by atoms with Gasteiger partial charge >= 0.3 is 0 Å². The average molecular weight is 691 g/mol. The number of carbonyl (C=O) groups is 2. The van der Waals surface area contributed by atoms with Gasteiger partial charge in [-0.3, -0.25) is 9.59 Å². The number of nitrogens with one attached hydrogen (secondary N) is 2. The predicted octanol–water partition coefficient (Wildman–Crippen LogP) is 14.3. The highest BCUT2D eigenvalue weighted by molar-refractivity contribution is 5.87. The maximum absolute atomic E-state index is 13.0. The van der Waals surface area contributed by atoms with Gasteiger partial charge in [0, 0.05) is 13.0 Å². The number of rotatable bonds is 40. The van der Waals surface area contributed by atoms with Crippen LogP contribution in [0.2, 0.25) is 0 Å². The van der Waals surface area contributed by atoms with E-state index in [2.05, 4.69) is 38.3 Å². The first-order valence-electron chi connectivity index (χ1n) is 22.6. The molecule has 0 radical (unpaired) electrons. The van der Waals surface area contributed by atoms with Gasteiger partial charge in [-0.2, -0.15) is 0 Å². The molecule has 0 aromatic rings. The smallest absolute Gasteiger partial charge is 0.242 e. The Hall–Kier alpha value is -1.06. The Morgan fingerprint density at radius 2 is 0.694 bits per heavy atom. The molecule has 2 N–H and O–H groups in total. The van der Waals surface area contributed by atoms with E-state index in [1.54, 1.807) is 0 Å². The summed E-state index contributed by atoms with van der Waals surface area (Å²) in [4.78, 5) is 25.6. The third-order valence-corrected chi connectivity index (χ3v) is 10.9. The van der Waals surface area contributed by atoms with Gasteiger partial charge in [-0.1, -0.05) is 240 Å². The first kappa shape index (κ1) is 47.9. The molecule has 0 heterocycles. The number of hydrogen-bond acceptors (Lipinski definition) is 2. The summed E-state index contributed by atoms with van der Waals surface area (Å²) < 4.78 is 0. The second-order valence-electron chi connectivity index (χ2n) is 15.8. The van der Waals surface area contributed by atoms with Gasteiger partial charge in [0.05, 0.1) is 0 Å². The SMILES string of the molecule is CCCCCCCCCCCCCCCCCCCCC(=O)N[C@H](C(=O)NCCCCCCCCCCCCCCCCCC)[C@@H](C)CC. The van der Waals surface area contributed by atoms with Crippen molar-refractivity contribution in [2.45, 2.75) is 265 Å². The highest BCUT2D eigenvalue weighted by atomic mass is 16.2. The van der Waals surface area contributed by atoms with Crippen LogP contribution in [0, 0.1) is 5.92 Å². The summed E-state index contributed by atoms with van der Waals surface area (Å²) in [6, 6.07) is -0.408. The van der Waals surface area contributed by atoms with Crippen LogP contribution in [0.4, 0.5) is 0 Å². The van der Waals surface area contributed by atoms with Crippen molar-refractivity contribution in [2.75, 3.05) is 6.54 Å². The molecule has 4 heteroatoms. The zero-order chi connectivity index (χ0) is 35.9. The fraction of sp³-hybridized carbons (Fsp3) is 0.956. The third-order valence-electron chi connectivity index (χ3n) is 10.9. The van der Waals surface area contributed by atoms with Crippen LogP contribution in [0.15, 0.2) is 0 Å². The molecule has 2 amide bonds. The lowest BCUT2D eigenvalue weighted by Crippen LogP contribution is -2.50. The summed E-state index contributed by atoms with van der Waals surface area (Å²) in [6.07, 6.45) is 47.4. The highest BCUT2D eigenvalue weighted by Gasteiger charge is 2.25. The fourth-order valence-corrected chi connectivity index (χ4v) is 7.13. The molecule has 0 unspecified atom stereocenters. The number of carbonyl (C=O) groups excluding carboxylic acids is 2. The minimum Gasteiger partial charge on any atom is -0.354 e. The van der Waals surface area contributed by atoms with Crippen LogP contribution in [-0.2, 0) is 9.59 Å². The van der Waals surface area contributed by atoms with Crippen LogP contribution < -0.4 is 10.6 Å². The number of amides is 2. The van der Waals surface area contributed by atoms with Crippen molar-refractivity contribution < 1.29 is 9.59 Å². The molecule has 0 aromatic carbocycles. The van der Waals surface area contributed by atoms with E-state index in [0.29, 0.717) is 6.42 Å². The third kappa shape index (κ3) is 35.1. The molecule has 0 aliphatic carbocycles. The molecule has 0 aliphatic rings. The van der Waals surface area contributed by atoms with Crippen molar-refractivity contribution in [3.63, 3.8) is 0 Å². The molecule has 0 fully saturated rings. The normalized spacial score (nSPS) is 12.7. The van der Waals surface area contributed by atoms with E-state index in [-0.39, 0.29) is 17.7 Å². The monoisotopic (exact) mass is 691 g/mol. The van der Waals surface area contributed by atoms with Gasteiger partial charge in [0.1, 0.15) is 6.04 Å². The van der Waals surface area contributed by atoms with Crippen molar-refractivity contribution in [3.05, 3.63) is 0 Å². The van der Waals surface area contributed by atoms with Gasteiger partial charge in [-0.05, 0) is 18.8 Å². The maximum Gasteiger partial charge on any atom is 0.242 e. The van der Waals surface area contributed by atoms with Crippen molar-refractivity contribution in [3.8, 4) is 0 Å². The molecule has 4 nitrogen and oxygen atoms in total. The molecule has 49 heavy (non-hydrogen) atoms. The predicted molar refractivity (Wildman–Crippen MR) is 217 cm³/mol. The van der Waals surface area contributed by atoms with Gasteiger partial charge in [-0.15, -0.1) is 0 Å². The summed E-state index contributed by atoms with van der Waals surface area (Å²) in [6.45, 7) is 9.48. The van der Waals surface area contributed by atoms with Crippen molar-refractivity contribution in [1.82, 2.24) is 10.6 Å². The van der Waals surface area contributed by atoms with E-state index in [0.717, 1.165) is 32.2 Å². The Balaban J connectivity index is 3.68. The quantitative estimate of drug-likeness (QED) is 0.0629. The van der Waals surface area contributed by atoms with E-state index in [9.17, 15) is 9.59 Å². The van der Waals surface area contributed by atoms with Gasteiger partial charge in [0.15, 0.2) is 0 Å². The summed E-state index contributed by atoms with van der Waals surface area (Å²) >= 11 is 0. The Kier molecular flexibility index (Phi) is 38.9. The highest BCUT2D eigenvalue weighted by Crippen LogP contribution is 2.16. The molecule has 0 rings (SSSR count). The van der Waals surface area contributed by atoms with E-state index < -0.39 is 6.04 Å². The van der Waals surface area contributed by atoms with Crippen LogP contribution in [0.25, 0.3) is 0 Å². The van der Waals surface area contributed by atoms with Crippen LogP contribution in [0.3, 0.4) is 0 Å². The lowest BCUT2D eigenvalue weighted by Gasteiger charge is -2.23. The lowest BCUT2D eigenvalue weighted by molar-refractivity contribution is -0.130. The average Bonchev–Trinajstić information content (AvgIpc) is 3.10. The van der Waals surface area contributed by atoms with E-state index in [1.165, 1.54) is 199 Å². The summed E-state index contributed by atoms with van der Waals surface area (Å²) in [5.74, 6) is 0.191. The number of hydrogen-bond donors (Lipinski definition) is 2. The Bertz CT molecular complexity index is 681. The molecule has 0 aromatic heterocycles. The van der Waals surface area contributed by atoms with Gasteiger partial charge in [0.2, 0.25) is 11.8 Å². The minimum absolute atomic E-state index is 0.00136. The van der Waals surface area contributed by atoms with Crippen LogP contribution in [0.5, 0.6) is 0 Å². The van der Waals surface area contributed by atoms with Crippen LogP contribution in [0.1, 0.15) is 259 Å². The van der Waals surface area contributed by atoms with E-state index >= 15 is 0 Å². The second-order valence-corrected chi connectivity index (χ2v) is 15.8. The first-order valence-corrected chi connectivity index (χ1v) is 22.6. The van der Waals surface area contributed by atoms with Gasteiger partial charge in [-0.25, -0.2) is 0 Å². The van der Waals surface area contributed by atoms with Crippen molar-refractivity contribution in [1.29, 1.82) is 0 Å². The molecule has 0 aliphatic heterocycles. The zero-order valence-electron chi connectivity index (χ0n) is 34.1. The summed E-state index contributed by atoms with van der Waals surface area (Å²) in [7, 11) is 0. The summed E-state index contributed by atoms with van der Waals surface area (Å²) in [5.41, 5.74) is 0. The van der Waals surface area contributed by atoms with Crippen LogP contribution in [-0.4, -0.2) is 24.4 Å². The van der Waals surface area contributed by atoms with Gasteiger partial charge < -0.3 is 10.6 Å². The molecular weight excluding hydrogens is 601 g/mol. The van der Waals surface area contributed by atoms with E-state index in [4.69, 9.17) is 0 Å². The largest absolute Gasteiger partial charge is 0.354 e. The Morgan fingerprint density at radius 1 is 0.408 bits per heavy atom. The molecular formula is C45H90N2O2. The molecule has 2 atom stereocenters. The van der Waals surface area contributed by atoms with Crippen molar-refractivity contribution in [2.24, 2.45) is 5.92 Å². The maximum atomic E-state index is 13.0. The van der Waals surface area contributed by atoms with Crippen LogP contribution >= 0.6 is 0 Å². The lowest BCUT2D eigenvalue weighted by atomic mass is 9.97. The summed E-state index contributed by atoms with van der Waals surface area (Å²) in [5, 5.41) is 6.21. The fourth-order valence-electron chi connectivity index (χ4n) is 7.13. The Labute approximate surface area is 308 Å². The Morgan fingerprint density at radius 3 is 1.00 bits per heavy atom. The molecule has 0 saturated heterocycles. The van der Waals surface area contributed by atoms with E-state index in [1.807, 2.05) is 0 Å². The first-order chi connectivity index (χ1) is 24.1. The molecule has 0 bridgehead atoms. The second kappa shape index (κ2) is 39.7. The minimum atomic E-state index is -0.408. The van der Waals surface area contributed by atoms with Crippen molar-refractivity contribution >= 4 is 11.8 Å². The topological polar surface area (TPSA) is 58.2 Å². The molecule has 292 valence electrons. The molecule has 0 saturated carbocycles.